The van der Waals surface area contributed by atoms with Crippen molar-refractivity contribution in [3.05, 3.63) is 66.2 Å². The van der Waals surface area contributed by atoms with E-state index in [4.69, 9.17) is 5.73 Å². The molecule has 2 aromatic rings. The van der Waals surface area contributed by atoms with E-state index in [2.05, 4.69) is 5.32 Å². The molecule has 0 aliphatic carbocycles. The van der Waals surface area contributed by atoms with Gasteiger partial charge in [0.05, 0.1) is 23.1 Å². The van der Waals surface area contributed by atoms with Crippen molar-refractivity contribution < 1.29 is 18.3 Å². The largest absolute Gasteiger partial charge is 0.390 e. The highest BCUT2D eigenvalue weighted by Crippen LogP contribution is 2.19. The lowest BCUT2D eigenvalue weighted by molar-refractivity contribution is -0.125. The lowest BCUT2D eigenvalue weighted by atomic mass is 9.97. The molecule has 2 aromatic carbocycles. The van der Waals surface area contributed by atoms with Crippen molar-refractivity contribution in [2.45, 2.75) is 63.6 Å². The molecule has 4 N–H and O–H groups in total. The molecule has 0 saturated heterocycles. The van der Waals surface area contributed by atoms with Gasteiger partial charge in [-0.15, -0.1) is 0 Å². The summed E-state index contributed by atoms with van der Waals surface area (Å²) in [6.45, 7) is 7.82. The first kappa shape index (κ1) is 28.0. The van der Waals surface area contributed by atoms with E-state index >= 15 is 0 Å². The van der Waals surface area contributed by atoms with E-state index in [1.807, 2.05) is 58.0 Å². The predicted molar refractivity (Wildman–Crippen MR) is 136 cm³/mol. The van der Waals surface area contributed by atoms with E-state index in [0.29, 0.717) is 6.42 Å². The number of nitrogens with zero attached hydrogens (tertiary/aromatic N) is 1. The summed E-state index contributed by atoms with van der Waals surface area (Å²) < 4.78 is 28.0. The molecule has 0 fully saturated rings. The molecule has 4 atom stereocenters. The van der Waals surface area contributed by atoms with Gasteiger partial charge in [-0.05, 0) is 36.0 Å². The third-order valence-corrected chi connectivity index (χ3v) is 7.84. The van der Waals surface area contributed by atoms with Gasteiger partial charge in [0.2, 0.25) is 15.9 Å². The van der Waals surface area contributed by atoms with Crippen molar-refractivity contribution in [1.29, 1.82) is 0 Å². The van der Waals surface area contributed by atoms with Crippen LogP contribution in [-0.4, -0.2) is 55.0 Å². The van der Waals surface area contributed by atoms with Crippen LogP contribution in [0.3, 0.4) is 0 Å². The minimum absolute atomic E-state index is 0.0228. The van der Waals surface area contributed by atoms with E-state index in [1.54, 1.807) is 30.3 Å². The Kier molecular flexibility index (Phi) is 10.7. The first-order chi connectivity index (χ1) is 16.1. The molecule has 1 amide bonds. The molecule has 0 bridgehead atoms. The Hall–Kier alpha value is -2.26. The average Bonchev–Trinajstić information content (AvgIpc) is 2.82. The third-order valence-electron chi connectivity index (χ3n) is 5.99. The molecule has 1 unspecified atom stereocenters. The standard InChI is InChI=1S/C26H39N3O4S/c1-5-20(4)25(27)26(31)28-23(16-21-12-8-6-9-13-21)24(30)18-29(17-19(2)3)34(32,33)22-14-10-7-11-15-22/h6-15,19-20,23-25,30H,5,16-18,27H2,1-4H3,(H,28,31)/t20-,23?,24+,25-/m0/s1. The number of benzene rings is 2. The van der Waals surface area contributed by atoms with E-state index in [1.165, 1.54) is 4.31 Å². The summed E-state index contributed by atoms with van der Waals surface area (Å²) >= 11 is 0. The van der Waals surface area contributed by atoms with Gasteiger partial charge < -0.3 is 16.2 Å². The van der Waals surface area contributed by atoms with E-state index in [0.717, 1.165) is 12.0 Å². The van der Waals surface area contributed by atoms with Gasteiger partial charge in [0, 0.05) is 13.1 Å². The molecule has 0 heterocycles. The van der Waals surface area contributed by atoms with Crippen LogP contribution in [0.5, 0.6) is 0 Å². The van der Waals surface area contributed by atoms with Gasteiger partial charge in [-0.2, -0.15) is 4.31 Å². The van der Waals surface area contributed by atoms with Gasteiger partial charge in [0.1, 0.15) is 0 Å². The van der Waals surface area contributed by atoms with Crippen LogP contribution >= 0.6 is 0 Å². The Morgan fingerprint density at radius 1 is 1.00 bits per heavy atom. The van der Waals surface area contributed by atoms with Crippen LogP contribution in [0.4, 0.5) is 0 Å². The number of amides is 1. The number of nitrogens with two attached hydrogens (primary N) is 1. The number of rotatable bonds is 13. The van der Waals surface area contributed by atoms with Crippen molar-refractivity contribution in [2.24, 2.45) is 17.6 Å². The van der Waals surface area contributed by atoms with Crippen LogP contribution in [0.1, 0.15) is 39.7 Å². The van der Waals surface area contributed by atoms with Crippen LogP contribution in [0, 0.1) is 11.8 Å². The zero-order chi connectivity index (χ0) is 25.3. The molecule has 0 spiro atoms. The Bertz CT molecular complexity index is 984. The molecule has 2 rings (SSSR count). The van der Waals surface area contributed by atoms with Gasteiger partial charge in [-0.1, -0.05) is 82.6 Å². The minimum atomic E-state index is -3.82. The third kappa shape index (κ3) is 7.91. The first-order valence-electron chi connectivity index (χ1n) is 11.9. The second-order valence-electron chi connectivity index (χ2n) is 9.31. The number of carbonyl (C=O) groups is 1. The van der Waals surface area contributed by atoms with Crippen molar-refractivity contribution in [1.82, 2.24) is 9.62 Å². The maximum Gasteiger partial charge on any atom is 0.243 e. The summed E-state index contributed by atoms with van der Waals surface area (Å²) in [5.74, 6) is -0.326. The summed E-state index contributed by atoms with van der Waals surface area (Å²) in [5, 5.41) is 14.1. The van der Waals surface area contributed by atoms with Crippen LogP contribution in [0.15, 0.2) is 65.6 Å². The highest BCUT2D eigenvalue weighted by molar-refractivity contribution is 7.89. The molecule has 0 aliphatic heterocycles. The molecular weight excluding hydrogens is 450 g/mol. The number of hydrogen-bond acceptors (Lipinski definition) is 5. The Morgan fingerprint density at radius 3 is 2.09 bits per heavy atom. The molecule has 0 radical (unpaired) electrons. The normalized spacial score (nSPS) is 15.6. The number of aliphatic hydroxyl groups is 1. The molecule has 34 heavy (non-hydrogen) atoms. The summed E-state index contributed by atoms with van der Waals surface area (Å²) in [6, 6.07) is 16.3. The van der Waals surface area contributed by atoms with Gasteiger partial charge >= 0.3 is 0 Å². The smallest absolute Gasteiger partial charge is 0.243 e. The maximum absolute atomic E-state index is 13.4. The Labute approximate surface area is 204 Å². The zero-order valence-electron chi connectivity index (χ0n) is 20.6. The molecule has 0 aliphatic rings. The van der Waals surface area contributed by atoms with Crippen molar-refractivity contribution >= 4 is 15.9 Å². The van der Waals surface area contributed by atoms with Gasteiger partial charge in [0.15, 0.2) is 0 Å². The second kappa shape index (κ2) is 13.0. The molecule has 7 nitrogen and oxygen atoms in total. The fourth-order valence-electron chi connectivity index (χ4n) is 3.70. The van der Waals surface area contributed by atoms with Crippen LogP contribution < -0.4 is 11.1 Å². The lowest BCUT2D eigenvalue weighted by Crippen LogP contribution is -2.55. The summed E-state index contributed by atoms with van der Waals surface area (Å²) in [6.07, 6.45) is -0.0367. The summed E-state index contributed by atoms with van der Waals surface area (Å²) in [7, 11) is -3.82. The Morgan fingerprint density at radius 2 is 1.56 bits per heavy atom. The fourth-order valence-corrected chi connectivity index (χ4v) is 5.34. The van der Waals surface area contributed by atoms with Crippen molar-refractivity contribution in [3.63, 3.8) is 0 Å². The quantitative estimate of drug-likeness (QED) is 0.400. The second-order valence-corrected chi connectivity index (χ2v) is 11.3. The predicted octanol–water partition coefficient (Wildman–Crippen LogP) is 2.80. The number of aliphatic hydroxyl groups excluding tert-OH is 1. The zero-order valence-corrected chi connectivity index (χ0v) is 21.4. The average molecular weight is 490 g/mol. The topological polar surface area (TPSA) is 113 Å². The molecule has 8 heteroatoms. The van der Waals surface area contributed by atoms with Crippen molar-refractivity contribution in [2.75, 3.05) is 13.1 Å². The number of hydrogen-bond donors (Lipinski definition) is 3. The number of sulfonamides is 1. The lowest BCUT2D eigenvalue weighted by Gasteiger charge is -2.31. The van der Waals surface area contributed by atoms with Crippen LogP contribution in [-0.2, 0) is 21.2 Å². The number of nitrogens with one attached hydrogen (secondary N) is 1. The summed E-state index contributed by atoms with van der Waals surface area (Å²) in [4.78, 5) is 13.0. The van der Waals surface area contributed by atoms with E-state index in [9.17, 15) is 18.3 Å². The highest BCUT2D eigenvalue weighted by atomic mass is 32.2. The highest BCUT2D eigenvalue weighted by Gasteiger charge is 2.32. The molecule has 188 valence electrons. The molecular formula is C26H39N3O4S. The monoisotopic (exact) mass is 489 g/mol. The van der Waals surface area contributed by atoms with Crippen LogP contribution in [0.25, 0.3) is 0 Å². The van der Waals surface area contributed by atoms with E-state index in [-0.39, 0.29) is 35.7 Å². The minimum Gasteiger partial charge on any atom is -0.390 e. The maximum atomic E-state index is 13.4. The van der Waals surface area contributed by atoms with Gasteiger partial charge in [-0.3, -0.25) is 4.79 Å². The number of carbonyl (C=O) groups excluding carboxylic acids is 1. The Balaban J connectivity index is 2.31. The SMILES string of the molecule is CC[C@H](C)[C@H](N)C(=O)NC(Cc1ccccc1)[C@H](O)CN(CC(C)C)S(=O)(=O)c1ccccc1. The summed E-state index contributed by atoms with van der Waals surface area (Å²) in [5.41, 5.74) is 7.05. The van der Waals surface area contributed by atoms with E-state index < -0.39 is 28.2 Å². The van der Waals surface area contributed by atoms with Crippen LogP contribution in [0.2, 0.25) is 0 Å². The van der Waals surface area contributed by atoms with Crippen molar-refractivity contribution in [3.8, 4) is 0 Å². The molecule has 0 saturated carbocycles. The molecule has 0 aromatic heterocycles. The fraction of sp³-hybridized carbons (Fsp3) is 0.500. The van der Waals surface area contributed by atoms with Gasteiger partial charge in [-0.25, -0.2) is 8.42 Å². The van der Waals surface area contributed by atoms with Gasteiger partial charge in [0.25, 0.3) is 0 Å². The first-order valence-corrected chi connectivity index (χ1v) is 13.3.